The highest BCUT2D eigenvalue weighted by atomic mass is 32.2. The van der Waals surface area contributed by atoms with Gasteiger partial charge in [-0.2, -0.15) is 5.10 Å². The molecule has 0 bridgehead atoms. The molecule has 0 aliphatic carbocycles. The molecule has 2 heterocycles. The summed E-state index contributed by atoms with van der Waals surface area (Å²) in [5.74, 6) is -0.0530. The number of aromatic nitrogens is 2. The van der Waals surface area contributed by atoms with E-state index in [2.05, 4.69) is 15.3 Å². The van der Waals surface area contributed by atoms with Gasteiger partial charge in [0.1, 0.15) is 5.25 Å². The number of carbonyl (C=O) groups excluding carboxylic acids is 1. The summed E-state index contributed by atoms with van der Waals surface area (Å²) in [6, 6.07) is 19.9. The monoisotopic (exact) mass is 422 g/mol. The maximum absolute atomic E-state index is 13.1. The first-order valence-corrected chi connectivity index (χ1v) is 11.1. The zero-order chi connectivity index (χ0) is 20.6. The smallest absolute Gasteiger partial charge is 0.242 e. The molecule has 1 atom stereocenters. The van der Waals surface area contributed by atoms with Crippen molar-refractivity contribution in [3.8, 4) is 0 Å². The molecule has 4 rings (SSSR count). The Morgan fingerprint density at radius 2 is 1.73 bits per heavy atom. The number of nitrogens with zero attached hydrogens (tertiary/aromatic N) is 3. The van der Waals surface area contributed by atoms with Gasteiger partial charge in [0, 0.05) is 30.7 Å². The fourth-order valence-electron chi connectivity index (χ4n) is 3.36. The third kappa shape index (κ3) is 5.72. The van der Waals surface area contributed by atoms with E-state index in [9.17, 15) is 4.79 Å². The van der Waals surface area contributed by atoms with E-state index in [1.807, 2.05) is 71.5 Å². The number of anilines is 1. The molecular formula is C23H26N4O2S. The summed E-state index contributed by atoms with van der Waals surface area (Å²) in [5.41, 5.74) is 1.69. The molecular weight excluding hydrogens is 396 g/mol. The van der Waals surface area contributed by atoms with E-state index in [0.29, 0.717) is 0 Å². The molecule has 1 unspecified atom stereocenters. The zero-order valence-corrected chi connectivity index (χ0v) is 17.6. The Morgan fingerprint density at radius 1 is 1.03 bits per heavy atom. The van der Waals surface area contributed by atoms with E-state index < -0.39 is 0 Å². The van der Waals surface area contributed by atoms with Gasteiger partial charge in [-0.15, -0.1) is 11.8 Å². The minimum atomic E-state index is -0.342. The average Bonchev–Trinajstić information content (AvgIpc) is 3.25. The molecule has 7 heteroatoms. The summed E-state index contributed by atoms with van der Waals surface area (Å²) < 4.78 is 7.27. The van der Waals surface area contributed by atoms with Crippen LogP contribution in [0, 0.1) is 0 Å². The SMILES string of the molecule is O=C(Nc1cnn(CCN2CCOCC2)c1)C(Sc1ccccc1)c1ccccc1. The Bertz CT molecular complexity index is 927. The molecule has 0 spiro atoms. The normalized spacial score (nSPS) is 15.6. The van der Waals surface area contributed by atoms with Crippen molar-refractivity contribution in [3.05, 3.63) is 78.6 Å². The molecule has 2 aromatic carbocycles. The first-order valence-electron chi connectivity index (χ1n) is 10.2. The lowest BCUT2D eigenvalue weighted by atomic mass is 10.1. The van der Waals surface area contributed by atoms with Crippen molar-refractivity contribution in [3.63, 3.8) is 0 Å². The highest BCUT2D eigenvalue weighted by Crippen LogP contribution is 2.36. The van der Waals surface area contributed by atoms with Crippen molar-refractivity contribution in [1.29, 1.82) is 0 Å². The van der Waals surface area contributed by atoms with Crippen molar-refractivity contribution in [2.45, 2.75) is 16.7 Å². The minimum Gasteiger partial charge on any atom is -0.379 e. The molecule has 30 heavy (non-hydrogen) atoms. The van der Waals surface area contributed by atoms with Gasteiger partial charge >= 0.3 is 0 Å². The van der Waals surface area contributed by atoms with Crippen molar-refractivity contribution in [2.24, 2.45) is 0 Å². The Balaban J connectivity index is 1.40. The van der Waals surface area contributed by atoms with Gasteiger partial charge in [-0.1, -0.05) is 48.5 Å². The summed E-state index contributed by atoms with van der Waals surface area (Å²) in [6.45, 7) is 5.22. The summed E-state index contributed by atoms with van der Waals surface area (Å²) in [7, 11) is 0. The van der Waals surface area contributed by atoms with E-state index in [1.165, 1.54) is 0 Å². The van der Waals surface area contributed by atoms with Gasteiger partial charge in [-0.3, -0.25) is 14.4 Å². The number of carbonyl (C=O) groups is 1. The van der Waals surface area contributed by atoms with Crippen LogP contribution in [0.5, 0.6) is 0 Å². The van der Waals surface area contributed by atoms with Crippen LogP contribution in [0.1, 0.15) is 10.8 Å². The van der Waals surface area contributed by atoms with Gasteiger partial charge in [-0.25, -0.2) is 0 Å². The van der Waals surface area contributed by atoms with Crippen molar-refractivity contribution >= 4 is 23.4 Å². The fraction of sp³-hybridized carbons (Fsp3) is 0.304. The first-order chi connectivity index (χ1) is 14.8. The fourth-order valence-corrected chi connectivity index (χ4v) is 4.41. The molecule has 1 saturated heterocycles. The lowest BCUT2D eigenvalue weighted by molar-refractivity contribution is -0.115. The number of benzene rings is 2. The molecule has 0 radical (unpaired) electrons. The molecule has 1 aromatic heterocycles. The topological polar surface area (TPSA) is 59.4 Å². The molecule has 0 saturated carbocycles. The van der Waals surface area contributed by atoms with E-state index in [1.54, 1.807) is 18.0 Å². The standard InChI is InChI=1S/C23H26N4O2S/c28-23(22(19-7-3-1-4-8-19)30-21-9-5-2-6-10-21)25-20-17-24-27(18-20)12-11-26-13-15-29-16-14-26/h1-10,17-18,22H,11-16H2,(H,25,28). The predicted octanol–water partition coefficient (Wildman–Crippen LogP) is 3.69. The number of hydrogen-bond donors (Lipinski definition) is 1. The van der Waals surface area contributed by atoms with Gasteiger partial charge in [-0.05, 0) is 17.7 Å². The van der Waals surface area contributed by atoms with Crippen LogP contribution in [-0.4, -0.2) is 53.4 Å². The average molecular weight is 423 g/mol. The molecule has 156 valence electrons. The van der Waals surface area contributed by atoms with Gasteiger partial charge in [0.15, 0.2) is 0 Å². The van der Waals surface area contributed by atoms with E-state index in [0.717, 1.165) is 55.5 Å². The van der Waals surface area contributed by atoms with Crippen LogP contribution >= 0.6 is 11.8 Å². The van der Waals surface area contributed by atoms with E-state index in [4.69, 9.17) is 4.74 Å². The summed E-state index contributed by atoms with van der Waals surface area (Å²) >= 11 is 1.55. The molecule has 1 amide bonds. The van der Waals surface area contributed by atoms with E-state index in [-0.39, 0.29) is 11.2 Å². The predicted molar refractivity (Wildman–Crippen MR) is 120 cm³/mol. The third-order valence-corrected chi connectivity index (χ3v) is 6.25. The summed E-state index contributed by atoms with van der Waals surface area (Å²) in [6.07, 6.45) is 3.61. The largest absolute Gasteiger partial charge is 0.379 e. The molecule has 1 aliphatic heterocycles. The van der Waals surface area contributed by atoms with E-state index >= 15 is 0 Å². The van der Waals surface area contributed by atoms with Gasteiger partial charge < -0.3 is 10.1 Å². The Labute approximate surface area is 181 Å². The molecule has 1 fully saturated rings. The molecule has 1 N–H and O–H groups in total. The lowest BCUT2D eigenvalue weighted by Crippen LogP contribution is -2.38. The second-order valence-corrected chi connectivity index (χ2v) is 8.34. The van der Waals surface area contributed by atoms with Crippen LogP contribution in [0.15, 0.2) is 78.0 Å². The Hall–Kier alpha value is -2.61. The van der Waals surface area contributed by atoms with Crippen LogP contribution in [0.3, 0.4) is 0 Å². The maximum atomic E-state index is 13.1. The maximum Gasteiger partial charge on any atom is 0.242 e. The molecule has 1 aliphatic rings. The summed E-state index contributed by atoms with van der Waals surface area (Å²) in [5, 5.41) is 7.11. The highest BCUT2D eigenvalue weighted by molar-refractivity contribution is 8.00. The van der Waals surface area contributed by atoms with Gasteiger partial charge in [0.25, 0.3) is 0 Å². The Morgan fingerprint density at radius 3 is 2.47 bits per heavy atom. The van der Waals surface area contributed by atoms with Crippen LogP contribution in [0.4, 0.5) is 5.69 Å². The molecule has 6 nitrogen and oxygen atoms in total. The van der Waals surface area contributed by atoms with Crippen LogP contribution in [-0.2, 0) is 16.1 Å². The van der Waals surface area contributed by atoms with Gasteiger partial charge in [0.2, 0.25) is 5.91 Å². The minimum absolute atomic E-state index is 0.0530. The number of hydrogen-bond acceptors (Lipinski definition) is 5. The Kier molecular flexibility index (Phi) is 7.18. The van der Waals surface area contributed by atoms with Crippen molar-refractivity contribution < 1.29 is 9.53 Å². The molecule has 3 aromatic rings. The van der Waals surface area contributed by atoms with Crippen LogP contribution in [0.25, 0.3) is 0 Å². The number of rotatable bonds is 8. The number of morpholine rings is 1. The number of amides is 1. The summed E-state index contributed by atoms with van der Waals surface area (Å²) in [4.78, 5) is 16.6. The van der Waals surface area contributed by atoms with Crippen LogP contribution < -0.4 is 5.32 Å². The van der Waals surface area contributed by atoms with Crippen LogP contribution in [0.2, 0.25) is 0 Å². The number of thioether (sulfide) groups is 1. The zero-order valence-electron chi connectivity index (χ0n) is 16.8. The second-order valence-electron chi connectivity index (χ2n) is 7.16. The quantitative estimate of drug-likeness (QED) is 0.561. The van der Waals surface area contributed by atoms with Crippen molar-refractivity contribution in [2.75, 3.05) is 38.2 Å². The highest BCUT2D eigenvalue weighted by Gasteiger charge is 2.22. The van der Waals surface area contributed by atoms with Gasteiger partial charge in [0.05, 0.1) is 31.6 Å². The first kappa shape index (κ1) is 20.7. The third-order valence-electron chi connectivity index (χ3n) is 4.99. The number of ether oxygens (including phenoxy) is 1. The lowest BCUT2D eigenvalue weighted by Gasteiger charge is -2.26. The number of nitrogens with one attached hydrogen (secondary N) is 1. The van der Waals surface area contributed by atoms with Crippen molar-refractivity contribution in [1.82, 2.24) is 14.7 Å². The second kappa shape index (κ2) is 10.4.